The molecule has 0 spiro atoms. The molecule has 0 aliphatic rings. The molecule has 0 bridgehead atoms. The third-order valence-corrected chi connectivity index (χ3v) is 3.06. The Morgan fingerprint density at radius 1 is 0.733 bits per heavy atom. The van der Waals surface area contributed by atoms with Gasteiger partial charge in [0.25, 0.3) is 0 Å². The molecule has 0 heterocycles. The van der Waals surface area contributed by atoms with Crippen LogP contribution in [0.1, 0.15) is 84.5 Å². The molecule has 1 unspecified atom stereocenters. The Bertz CT molecular complexity index is 112. The highest BCUT2D eigenvalue weighted by atomic mass is 19.1. The molecule has 92 valence electrons. The van der Waals surface area contributed by atoms with E-state index in [0.717, 1.165) is 12.8 Å². The number of rotatable bonds is 11. The monoisotopic (exact) mass is 216 g/mol. The molecule has 0 radical (unpaired) electrons. The van der Waals surface area contributed by atoms with Crippen molar-refractivity contribution in [3.8, 4) is 0 Å². The van der Waals surface area contributed by atoms with Crippen LogP contribution in [0.25, 0.3) is 0 Å². The SMILES string of the molecule is CCCCCCCCCCCC(F)CC. The van der Waals surface area contributed by atoms with Gasteiger partial charge in [0.05, 0.1) is 6.17 Å². The highest BCUT2D eigenvalue weighted by Gasteiger charge is 2.01. The topological polar surface area (TPSA) is 0 Å². The summed E-state index contributed by atoms with van der Waals surface area (Å²) >= 11 is 0. The van der Waals surface area contributed by atoms with Crippen molar-refractivity contribution >= 4 is 0 Å². The molecule has 0 aliphatic carbocycles. The van der Waals surface area contributed by atoms with Gasteiger partial charge in [-0.15, -0.1) is 0 Å². The van der Waals surface area contributed by atoms with Gasteiger partial charge in [0, 0.05) is 0 Å². The molecule has 0 amide bonds. The molecule has 0 aromatic heterocycles. The Morgan fingerprint density at radius 2 is 1.20 bits per heavy atom. The van der Waals surface area contributed by atoms with Crippen LogP contribution in [0.15, 0.2) is 0 Å². The highest BCUT2D eigenvalue weighted by molar-refractivity contribution is 4.53. The zero-order valence-electron chi connectivity index (χ0n) is 10.7. The fourth-order valence-corrected chi connectivity index (χ4v) is 1.88. The second-order valence-corrected chi connectivity index (χ2v) is 4.62. The van der Waals surface area contributed by atoms with Crippen molar-refractivity contribution in [2.45, 2.75) is 90.6 Å². The Labute approximate surface area is 95.6 Å². The van der Waals surface area contributed by atoms with Gasteiger partial charge < -0.3 is 0 Å². The van der Waals surface area contributed by atoms with Crippen LogP contribution in [-0.4, -0.2) is 6.17 Å². The third kappa shape index (κ3) is 11.9. The lowest BCUT2D eigenvalue weighted by Gasteiger charge is -2.04. The van der Waals surface area contributed by atoms with Crippen molar-refractivity contribution in [2.75, 3.05) is 0 Å². The van der Waals surface area contributed by atoms with Gasteiger partial charge >= 0.3 is 0 Å². The van der Waals surface area contributed by atoms with Crippen LogP contribution in [0, 0.1) is 0 Å². The predicted molar refractivity (Wildman–Crippen MR) is 67.0 cm³/mol. The standard InChI is InChI=1S/C14H29F/c1-3-5-6-7-8-9-10-11-12-13-14(15)4-2/h14H,3-13H2,1-2H3. The summed E-state index contributed by atoms with van der Waals surface area (Å²) in [6.45, 7) is 4.18. The minimum absolute atomic E-state index is 0.547. The average molecular weight is 216 g/mol. The third-order valence-electron chi connectivity index (χ3n) is 3.06. The molecule has 1 heteroatoms. The van der Waals surface area contributed by atoms with Crippen LogP contribution in [0.5, 0.6) is 0 Å². The molecule has 0 saturated carbocycles. The number of hydrogen-bond donors (Lipinski definition) is 0. The zero-order chi connectivity index (χ0) is 11.4. The molecule has 0 fully saturated rings. The van der Waals surface area contributed by atoms with E-state index in [9.17, 15) is 4.39 Å². The Hall–Kier alpha value is -0.0700. The molecule has 0 saturated heterocycles. The van der Waals surface area contributed by atoms with E-state index in [-0.39, 0.29) is 0 Å². The summed E-state index contributed by atoms with van der Waals surface area (Å²) in [5.74, 6) is 0. The van der Waals surface area contributed by atoms with E-state index in [1.807, 2.05) is 6.92 Å². The molecule has 1 atom stereocenters. The summed E-state index contributed by atoms with van der Waals surface area (Å²) in [4.78, 5) is 0. The van der Waals surface area contributed by atoms with E-state index >= 15 is 0 Å². The molecule has 0 nitrogen and oxygen atoms in total. The second kappa shape index (κ2) is 12.0. The van der Waals surface area contributed by atoms with Crippen LogP contribution in [-0.2, 0) is 0 Å². The van der Waals surface area contributed by atoms with Crippen molar-refractivity contribution in [3.05, 3.63) is 0 Å². The second-order valence-electron chi connectivity index (χ2n) is 4.62. The molecule has 0 aliphatic heterocycles. The number of alkyl halides is 1. The van der Waals surface area contributed by atoms with E-state index in [2.05, 4.69) is 6.92 Å². The van der Waals surface area contributed by atoms with Crippen LogP contribution in [0.2, 0.25) is 0 Å². The van der Waals surface area contributed by atoms with Gasteiger partial charge in [-0.2, -0.15) is 0 Å². The maximum Gasteiger partial charge on any atom is 0.0999 e. The van der Waals surface area contributed by atoms with Crippen molar-refractivity contribution < 1.29 is 4.39 Å². The van der Waals surface area contributed by atoms with Gasteiger partial charge in [-0.05, 0) is 12.8 Å². The van der Waals surface area contributed by atoms with Crippen molar-refractivity contribution in [1.29, 1.82) is 0 Å². The lowest BCUT2D eigenvalue weighted by Crippen LogP contribution is -1.96. The fourth-order valence-electron chi connectivity index (χ4n) is 1.88. The minimum Gasteiger partial charge on any atom is -0.248 e. The van der Waals surface area contributed by atoms with Crippen molar-refractivity contribution in [1.82, 2.24) is 0 Å². The smallest absolute Gasteiger partial charge is 0.0999 e. The summed E-state index contributed by atoms with van der Waals surface area (Å²) < 4.78 is 12.8. The van der Waals surface area contributed by atoms with Gasteiger partial charge in [0.2, 0.25) is 0 Å². The van der Waals surface area contributed by atoms with Crippen LogP contribution in [0.3, 0.4) is 0 Å². The van der Waals surface area contributed by atoms with Gasteiger partial charge in [-0.25, -0.2) is 4.39 Å². The van der Waals surface area contributed by atoms with Gasteiger partial charge in [0.1, 0.15) is 0 Å². The summed E-state index contributed by atoms with van der Waals surface area (Å²) in [6, 6.07) is 0. The molecule has 0 rings (SSSR count). The lowest BCUT2D eigenvalue weighted by atomic mass is 10.0. The lowest BCUT2D eigenvalue weighted by molar-refractivity contribution is 0.296. The largest absolute Gasteiger partial charge is 0.248 e. The molecular formula is C14H29F. The van der Waals surface area contributed by atoms with E-state index in [4.69, 9.17) is 0 Å². The first-order chi connectivity index (χ1) is 7.31. The minimum atomic E-state index is -0.547. The van der Waals surface area contributed by atoms with Gasteiger partial charge in [0.15, 0.2) is 0 Å². The van der Waals surface area contributed by atoms with Crippen LogP contribution >= 0.6 is 0 Å². The number of hydrogen-bond acceptors (Lipinski definition) is 0. The Morgan fingerprint density at radius 3 is 1.67 bits per heavy atom. The Kier molecular flexibility index (Phi) is 11.9. The number of halogens is 1. The molecule has 0 N–H and O–H groups in total. The van der Waals surface area contributed by atoms with E-state index < -0.39 is 6.17 Å². The quantitative estimate of drug-likeness (QED) is 0.391. The highest BCUT2D eigenvalue weighted by Crippen LogP contribution is 2.13. The van der Waals surface area contributed by atoms with Crippen molar-refractivity contribution in [2.24, 2.45) is 0 Å². The van der Waals surface area contributed by atoms with Crippen LogP contribution < -0.4 is 0 Å². The van der Waals surface area contributed by atoms with Gasteiger partial charge in [-0.1, -0.05) is 71.6 Å². The zero-order valence-corrected chi connectivity index (χ0v) is 10.7. The van der Waals surface area contributed by atoms with Gasteiger partial charge in [-0.3, -0.25) is 0 Å². The molecule has 0 aromatic rings. The normalized spacial score (nSPS) is 13.0. The fraction of sp³-hybridized carbons (Fsp3) is 1.00. The van der Waals surface area contributed by atoms with E-state index in [0.29, 0.717) is 6.42 Å². The van der Waals surface area contributed by atoms with Crippen molar-refractivity contribution in [3.63, 3.8) is 0 Å². The molecular weight excluding hydrogens is 187 g/mol. The summed E-state index contributed by atoms with van der Waals surface area (Å²) in [5.41, 5.74) is 0. The molecule has 15 heavy (non-hydrogen) atoms. The molecule has 0 aromatic carbocycles. The average Bonchev–Trinajstić information content (AvgIpc) is 2.26. The van der Waals surface area contributed by atoms with Crippen LogP contribution in [0.4, 0.5) is 4.39 Å². The maximum atomic E-state index is 12.8. The summed E-state index contributed by atoms with van der Waals surface area (Å²) in [6.07, 6.45) is 12.8. The first-order valence-corrected chi connectivity index (χ1v) is 6.95. The summed E-state index contributed by atoms with van der Waals surface area (Å²) in [7, 11) is 0. The van der Waals surface area contributed by atoms with E-state index in [1.165, 1.54) is 51.4 Å². The first-order valence-electron chi connectivity index (χ1n) is 6.95. The first kappa shape index (κ1) is 14.9. The van der Waals surface area contributed by atoms with E-state index in [1.54, 1.807) is 0 Å². The predicted octanol–water partition coefficient (Wildman–Crippen LogP) is 5.66. The maximum absolute atomic E-state index is 12.8. The Balaban J connectivity index is 2.92. The number of unbranched alkanes of at least 4 members (excludes halogenated alkanes) is 8. The summed E-state index contributed by atoms with van der Waals surface area (Å²) in [5, 5.41) is 0.